The lowest BCUT2D eigenvalue weighted by Crippen LogP contribution is -2.29. The Morgan fingerprint density at radius 1 is 1.00 bits per heavy atom. The van der Waals surface area contributed by atoms with Gasteiger partial charge in [-0.3, -0.25) is 14.2 Å². The van der Waals surface area contributed by atoms with Gasteiger partial charge in [0, 0.05) is 55.5 Å². The number of benzene rings is 2. The maximum atomic E-state index is 12.8. The van der Waals surface area contributed by atoms with Gasteiger partial charge in [-0.2, -0.15) is 0 Å². The number of pyridine rings is 1. The van der Waals surface area contributed by atoms with E-state index in [0.717, 1.165) is 41.5 Å². The van der Waals surface area contributed by atoms with Crippen LogP contribution in [0.15, 0.2) is 71.7 Å². The van der Waals surface area contributed by atoms with Gasteiger partial charge in [-0.1, -0.05) is 50.2 Å². The molecule has 200 valence electrons. The Labute approximate surface area is 224 Å². The first-order valence-corrected chi connectivity index (χ1v) is 13.5. The molecule has 1 fully saturated rings. The average Bonchev–Trinajstić information content (AvgIpc) is 3.65. The van der Waals surface area contributed by atoms with Crippen molar-refractivity contribution in [3.05, 3.63) is 94.0 Å². The molecule has 7 heteroatoms. The van der Waals surface area contributed by atoms with Crippen LogP contribution in [-0.2, 0) is 31.4 Å². The van der Waals surface area contributed by atoms with Gasteiger partial charge >= 0.3 is 0 Å². The molecule has 0 atom stereocenters. The number of amides is 1. The average molecular weight is 515 g/mol. The zero-order valence-electron chi connectivity index (χ0n) is 22.7. The molecular formula is C31H38N4O3. The molecule has 1 amide bonds. The molecule has 2 aliphatic heterocycles. The fourth-order valence-electron chi connectivity index (χ4n) is 4.95. The maximum absolute atomic E-state index is 12.8. The van der Waals surface area contributed by atoms with E-state index in [2.05, 4.69) is 9.88 Å². The summed E-state index contributed by atoms with van der Waals surface area (Å²) in [6.07, 6.45) is 6.28. The van der Waals surface area contributed by atoms with Gasteiger partial charge in [0.25, 0.3) is 5.56 Å². The standard InChI is InChI=1S/C25H23N3O3.C4H9N.C2H6/c1-26-23-10-11-27(17-29)15-22(23)21-8-7-19(13-24(21)26)28-12-9-20(14-25(28)30)31-16-18-5-3-2-4-6-18;1-2-4-5-3-1;1-2/h2-9,12-14,17H,10-11,15-16H2,1H3;5H,1-4H2;1-2H3. The first-order chi connectivity index (χ1) is 18.6. The molecular weight excluding hydrogens is 476 g/mol. The quantitative estimate of drug-likeness (QED) is 0.388. The second kappa shape index (κ2) is 13.1. The lowest BCUT2D eigenvalue weighted by Gasteiger charge is -2.23. The van der Waals surface area contributed by atoms with Gasteiger partial charge in [-0.25, -0.2) is 0 Å². The van der Waals surface area contributed by atoms with Gasteiger partial charge in [-0.15, -0.1) is 0 Å². The number of ether oxygens (including phenoxy) is 1. The maximum Gasteiger partial charge on any atom is 0.258 e. The number of aryl methyl sites for hydroxylation is 1. The Balaban J connectivity index is 0.000000425. The molecule has 1 N–H and O–H groups in total. The minimum Gasteiger partial charge on any atom is -0.489 e. The van der Waals surface area contributed by atoms with Crippen molar-refractivity contribution in [2.45, 2.75) is 46.3 Å². The Bertz CT molecular complexity index is 1400. The molecule has 6 rings (SSSR count). The van der Waals surface area contributed by atoms with Crippen LogP contribution >= 0.6 is 0 Å². The lowest BCUT2D eigenvalue weighted by molar-refractivity contribution is -0.118. The predicted molar refractivity (Wildman–Crippen MR) is 153 cm³/mol. The zero-order chi connectivity index (χ0) is 26.9. The van der Waals surface area contributed by atoms with E-state index in [4.69, 9.17) is 4.74 Å². The number of carbonyl (C=O) groups is 1. The molecule has 0 radical (unpaired) electrons. The number of nitrogens with zero attached hydrogens (tertiary/aromatic N) is 3. The van der Waals surface area contributed by atoms with Crippen molar-refractivity contribution < 1.29 is 9.53 Å². The second-order valence-corrected chi connectivity index (χ2v) is 9.31. The van der Waals surface area contributed by atoms with Crippen LogP contribution in [0.4, 0.5) is 0 Å². The summed E-state index contributed by atoms with van der Waals surface area (Å²) in [7, 11) is 2.05. The largest absolute Gasteiger partial charge is 0.489 e. The van der Waals surface area contributed by atoms with Crippen molar-refractivity contribution in [3.8, 4) is 11.4 Å². The molecule has 1 saturated heterocycles. The van der Waals surface area contributed by atoms with E-state index in [1.165, 1.54) is 43.3 Å². The number of rotatable bonds is 5. The van der Waals surface area contributed by atoms with Crippen LogP contribution in [0.25, 0.3) is 16.6 Å². The summed E-state index contributed by atoms with van der Waals surface area (Å²) >= 11 is 0. The van der Waals surface area contributed by atoms with Crippen molar-refractivity contribution >= 4 is 17.3 Å². The molecule has 0 saturated carbocycles. The molecule has 0 unspecified atom stereocenters. The van der Waals surface area contributed by atoms with Crippen LogP contribution in [0.3, 0.4) is 0 Å². The van der Waals surface area contributed by atoms with E-state index in [0.29, 0.717) is 18.9 Å². The summed E-state index contributed by atoms with van der Waals surface area (Å²) in [5.41, 5.74) is 5.22. The van der Waals surface area contributed by atoms with Gasteiger partial charge in [0.15, 0.2) is 0 Å². The molecule has 0 aliphatic carbocycles. The van der Waals surface area contributed by atoms with Gasteiger partial charge in [-0.05, 0) is 49.7 Å². The van der Waals surface area contributed by atoms with Gasteiger partial charge in [0.05, 0.1) is 11.2 Å². The number of aromatic nitrogens is 2. The first kappa shape index (κ1) is 27.2. The molecule has 4 aromatic rings. The normalized spacial score (nSPS) is 14.1. The summed E-state index contributed by atoms with van der Waals surface area (Å²) in [6.45, 7) is 8.28. The minimum absolute atomic E-state index is 0.143. The minimum atomic E-state index is -0.143. The summed E-state index contributed by atoms with van der Waals surface area (Å²) in [6, 6.07) is 19.2. The van der Waals surface area contributed by atoms with Crippen molar-refractivity contribution in [1.29, 1.82) is 0 Å². The summed E-state index contributed by atoms with van der Waals surface area (Å²) < 4.78 is 9.58. The Morgan fingerprint density at radius 3 is 2.42 bits per heavy atom. The molecule has 7 nitrogen and oxygen atoms in total. The number of hydrogen-bond donors (Lipinski definition) is 1. The highest BCUT2D eigenvalue weighted by molar-refractivity contribution is 5.87. The zero-order valence-corrected chi connectivity index (χ0v) is 22.7. The second-order valence-electron chi connectivity index (χ2n) is 9.31. The fraction of sp³-hybridized carbons (Fsp3) is 0.355. The molecule has 2 aromatic carbocycles. The van der Waals surface area contributed by atoms with Gasteiger partial charge in [0.2, 0.25) is 6.41 Å². The van der Waals surface area contributed by atoms with E-state index >= 15 is 0 Å². The number of carbonyl (C=O) groups excluding carboxylic acids is 1. The highest BCUT2D eigenvalue weighted by Gasteiger charge is 2.22. The van der Waals surface area contributed by atoms with Gasteiger partial charge < -0.3 is 19.5 Å². The molecule has 38 heavy (non-hydrogen) atoms. The number of nitrogens with one attached hydrogen (secondary N) is 1. The van der Waals surface area contributed by atoms with Crippen molar-refractivity contribution in [2.75, 3.05) is 19.6 Å². The molecule has 4 heterocycles. The monoisotopic (exact) mass is 514 g/mol. The SMILES string of the molecule is C1CCNC1.CC.Cn1c2c(c3ccc(-n4ccc(OCc5ccccc5)cc4=O)cc31)CN(C=O)CC2. The van der Waals surface area contributed by atoms with E-state index in [1.54, 1.807) is 15.7 Å². The van der Waals surface area contributed by atoms with Crippen molar-refractivity contribution in [2.24, 2.45) is 7.05 Å². The highest BCUT2D eigenvalue weighted by Crippen LogP contribution is 2.31. The Kier molecular flexibility index (Phi) is 9.38. The lowest BCUT2D eigenvalue weighted by atomic mass is 10.0. The summed E-state index contributed by atoms with van der Waals surface area (Å²) in [4.78, 5) is 25.8. The predicted octanol–water partition coefficient (Wildman–Crippen LogP) is 4.82. The van der Waals surface area contributed by atoms with E-state index in [1.807, 2.05) is 75.5 Å². The topological polar surface area (TPSA) is 68.5 Å². The van der Waals surface area contributed by atoms with E-state index in [-0.39, 0.29) is 5.56 Å². The third-order valence-corrected chi connectivity index (χ3v) is 6.94. The van der Waals surface area contributed by atoms with Crippen LogP contribution in [0, 0.1) is 0 Å². The highest BCUT2D eigenvalue weighted by atomic mass is 16.5. The Morgan fingerprint density at radius 2 is 1.76 bits per heavy atom. The summed E-state index contributed by atoms with van der Waals surface area (Å²) in [5, 5.41) is 4.35. The number of fused-ring (bicyclic) bond motifs is 3. The molecule has 2 aliphatic rings. The van der Waals surface area contributed by atoms with Crippen LogP contribution < -0.4 is 15.6 Å². The van der Waals surface area contributed by atoms with Crippen LogP contribution in [-0.4, -0.2) is 40.1 Å². The van der Waals surface area contributed by atoms with Crippen LogP contribution in [0.5, 0.6) is 5.75 Å². The van der Waals surface area contributed by atoms with Crippen LogP contribution in [0.2, 0.25) is 0 Å². The molecule has 2 aromatic heterocycles. The smallest absolute Gasteiger partial charge is 0.258 e. The third-order valence-electron chi connectivity index (χ3n) is 6.94. The van der Waals surface area contributed by atoms with E-state index in [9.17, 15) is 9.59 Å². The number of hydrogen-bond acceptors (Lipinski definition) is 4. The fourth-order valence-corrected chi connectivity index (χ4v) is 4.95. The first-order valence-electron chi connectivity index (χ1n) is 13.5. The molecule has 0 spiro atoms. The van der Waals surface area contributed by atoms with Gasteiger partial charge in [0.1, 0.15) is 12.4 Å². The van der Waals surface area contributed by atoms with E-state index < -0.39 is 0 Å². The van der Waals surface area contributed by atoms with Crippen molar-refractivity contribution in [3.63, 3.8) is 0 Å². The third kappa shape index (κ3) is 6.17. The summed E-state index contributed by atoms with van der Waals surface area (Å²) in [5.74, 6) is 0.550. The van der Waals surface area contributed by atoms with Crippen molar-refractivity contribution in [1.82, 2.24) is 19.4 Å². The van der Waals surface area contributed by atoms with Crippen LogP contribution in [0.1, 0.15) is 43.5 Å². The Hall–Kier alpha value is -3.84. The molecule has 0 bridgehead atoms.